The van der Waals surface area contributed by atoms with Gasteiger partial charge in [0, 0.05) is 0 Å². The van der Waals surface area contributed by atoms with Crippen molar-refractivity contribution < 1.29 is 5.11 Å². The molecule has 1 aromatic carbocycles. The Balaban J connectivity index is 0.000000561. The lowest BCUT2D eigenvalue weighted by atomic mass is 10.1. The maximum Gasteiger partial charge on any atom is 0.118 e. The highest BCUT2D eigenvalue weighted by Crippen LogP contribution is 2.15. The van der Waals surface area contributed by atoms with Crippen molar-refractivity contribution in [1.82, 2.24) is 0 Å². The molecule has 0 aromatic heterocycles. The van der Waals surface area contributed by atoms with E-state index in [-0.39, 0.29) is 5.75 Å². The fourth-order valence-corrected chi connectivity index (χ4v) is 0.725. The van der Waals surface area contributed by atoms with Crippen molar-refractivity contribution in [2.45, 2.75) is 20.8 Å². The number of rotatable bonds is 0. The molecule has 0 spiro atoms. The number of hydrogen-bond donors (Lipinski definition) is 1. The van der Waals surface area contributed by atoms with Crippen LogP contribution in [-0.4, -0.2) is 5.11 Å². The maximum absolute atomic E-state index is 9.03. The molecule has 64 valence electrons. The van der Waals surface area contributed by atoms with Crippen LogP contribution in [0.5, 0.6) is 5.75 Å². The predicted molar refractivity (Wildman–Crippen MR) is 48.9 cm³/mol. The van der Waals surface area contributed by atoms with E-state index >= 15 is 0 Å². The molecular weight excluding hydrogens is 150 g/mol. The van der Waals surface area contributed by atoms with Gasteiger partial charge >= 0.3 is 0 Å². The van der Waals surface area contributed by atoms with Crippen LogP contribution in [-0.2, 0) is 0 Å². The molecule has 0 aliphatic heterocycles. The molecule has 1 aromatic rings. The highest BCUT2D eigenvalue weighted by atomic mass is 16.3. The van der Waals surface area contributed by atoms with Gasteiger partial charge in [0.05, 0.1) is 11.6 Å². The van der Waals surface area contributed by atoms with Crippen molar-refractivity contribution in [2.75, 3.05) is 0 Å². The number of nitrogens with zero attached hydrogens (tertiary/aromatic N) is 1. The summed E-state index contributed by atoms with van der Waals surface area (Å²) in [6.07, 6.45) is 0. The zero-order valence-electron chi connectivity index (χ0n) is 7.63. The van der Waals surface area contributed by atoms with Gasteiger partial charge in [0.15, 0.2) is 0 Å². The van der Waals surface area contributed by atoms with Gasteiger partial charge in [-0.05, 0) is 30.7 Å². The Morgan fingerprint density at radius 3 is 2.33 bits per heavy atom. The molecular formula is C10H13NO. The Bertz CT molecular complexity index is 286. The van der Waals surface area contributed by atoms with E-state index in [9.17, 15) is 0 Å². The second kappa shape index (κ2) is 5.20. The second-order valence-electron chi connectivity index (χ2n) is 2.11. The molecule has 0 aliphatic rings. The molecule has 0 amide bonds. The Kier molecular flexibility index (Phi) is 4.55. The predicted octanol–water partition coefficient (Wildman–Crippen LogP) is 2.60. The van der Waals surface area contributed by atoms with Gasteiger partial charge in [-0.2, -0.15) is 5.26 Å². The minimum Gasteiger partial charge on any atom is -0.508 e. The van der Waals surface area contributed by atoms with Crippen LogP contribution in [0.1, 0.15) is 25.0 Å². The molecule has 1 rings (SSSR count). The van der Waals surface area contributed by atoms with E-state index in [0.717, 1.165) is 5.56 Å². The zero-order chi connectivity index (χ0) is 9.56. The number of phenols is 1. The number of nitriles is 1. The van der Waals surface area contributed by atoms with E-state index in [0.29, 0.717) is 5.56 Å². The van der Waals surface area contributed by atoms with E-state index in [1.54, 1.807) is 19.1 Å². The fraction of sp³-hybridized carbons (Fsp3) is 0.300. The van der Waals surface area contributed by atoms with Gasteiger partial charge in [0.1, 0.15) is 5.75 Å². The Morgan fingerprint density at radius 2 is 1.92 bits per heavy atom. The largest absolute Gasteiger partial charge is 0.508 e. The van der Waals surface area contributed by atoms with Gasteiger partial charge in [-0.3, -0.25) is 0 Å². The summed E-state index contributed by atoms with van der Waals surface area (Å²) in [6.45, 7) is 5.76. The number of aryl methyl sites for hydroxylation is 1. The molecule has 0 fully saturated rings. The summed E-state index contributed by atoms with van der Waals surface area (Å²) >= 11 is 0. The molecule has 12 heavy (non-hydrogen) atoms. The van der Waals surface area contributed by atoms with Gasteiger partial charge < -0.3 is 5.11 Å². The van der Waals surface area contributed by atoms with Crippen molar-refractivity contribution in [3.05, 3.63) is 29.3 Å². The minimum absolute atomic E-state index is 0.235. The van der Waals surface area contributed by atoms with Crippen LogP contribution in [0.4, 0.5) is 0 Å². The summed E-state index contributed by atoms with van der Waals surface area (Å²) < 4.78 is 0. The van der Waals surface area contributed by atoms with Crippen LogP contribution in [0.25, 0.3) is 0 Å². The molecule has 0 aliphatic carbocycles. The first-order valence-electron chi connectivity index (χ1n) is 3.94. The van der Waals surface area contributed by atoms with E-state index in [2.05, 4.69) is 0 Å². The first-order valence-corrected chi connectivity index (χ1v) is 3.94. The molecule has 2 nitrogen and oxygen atoms in total. The van der Waals surface area contributed by atoms with Gasteiger partial charge in [-0.25, -0.2) is 0 Å². The molecule has 1 N–H and O–H groups in total. The van der Waals surface area contributed by atoms with E-state index < -0.39 is 0 Å². The molecule has 0 saturated heterocycles. The normalized spacial score (nSPS) is 7.83. The standard InChI is InChI=1S/C8H7NO.C2H6/c1-6-4-7(5-9)2-3-8(6)10;1-2/h2-4,10H,1H3;1-2H3. The van der Waals surface area contributed by atoms with E-state index in [1.165, 1.54) is 6.07 Å². The first kappa shape index (κ1) is 10.5. The van der Waals surface area contributed by atoms with Crippen molar-refractivity contribution >= 4 is 0 Å². The maximum atomic E-state index is 9.03. The summed E-state index contributed by atoms with van der Waals surface area (Å²) in [4.78, 5) is 0. The minimum atomic E-state index is 0.235. The van der Waals surface area contributed by atoms with Gasteiger partial charge in [-0.15, -0.1) is 0 Å². The summed E-state index contributed by atoms with van der Waals surface area (Å²) in [5.41, 5.74) is 1.31. The smallest absolute Gasteiger partial charge is 0.118 e. The highest BCUT2D eigenvalue weighted by Gasteiger charge is 1.94. The molecule has 0 unspecified atom stereocenters. The quantitative estimate of drug-likeness (QED) is 0.638. The molecule has 0 radical (unpaired) electrons. The van der Waals surface area contributed by atoms with Crippen molar-refractivity contribution in [3.8, 4) is 11.8 Å². The number of phenolic OH excluding ortho intramolecular Hbond substituents is 1. The van der Waals surface area contributed by atoms with Crippen molar-refractivity contribution in [3.63, 3.8) is 0 Å². The van der Waals surface area contributed by atoms with Crippen LogP contribution in [0.2, 0.25) is 0 Å². The summed E-state index contributed by atoms with van der Waals surface area (Å²) in [5, 5.41) is 17.5. The molecule has 0 atom stereocenters. The number of benzene rings is 1. The highest BCUT2D eigenvalue weighted by molar-refractivity contribution is 5.40. The second-order valence-corrected chi connectivity index (χ2v) is 2.11. The van der Waals surface area contributed by atoms with Gasteiger partial charge in [-0.1, -0.05) is 13.8 Å². The van der Waals surface area contributed by atoms with E-state index in [1.807, 2.05) is 19.9 Å². The molecule has 2 heteroatoms. The van der Waals surface area contributed by atoms with Crippen molar-refractivity contribution in [1.29, 1.82) is 5.26 Å². The van der Waals surface area contributed by atoms with Gasteiger partial charge in [0.2, 0.25) is 0 Å². The third-order valence-corrected chi connectivity index (χ3v) is 1.33. The Morgan fingerprint density at radius 1 is 1.33 bits per heavy atom. The average molecular weight is 163 g/mol. The zero-order valence-corrected chi connectivity index (χ0v) is 7.63. The number of hydrogen-bond acceptors (Lipinski definition) is 2. The third kappa shape index (κ3) is 2.63. The van der Waals surface area contributed by atoms with E-state index in [4.69, 9.17) is 10.4 Å². The van der Waals surface area contributed by atoms with Crippen LogP contribution in [0.15, 0.2) is 18.2 Å². The van der Waals surface area contributed by atoms with Gasteiger partial charge in [0.25, 0.3) is 0 Å². The lowest BCUT2D eigenvalue weighted by molar-refractivity contribution is 0.471. The lowest BCUT2D eigenvalue weighted by Gasteiger charge is -1.95. The molecule has 0 heterocycles. The first-order chi connectivity index (χ1) is 5.74. The topological polar surface area (TPSA) is 44.0 Å². The average Bonchev–Trinajstić information content (AvgIpc) is 2.13. The van der Waals surface area contributed by atoms with Crippen LogP contribution >= 0.6 is 0 Å². The van der Waals surface area contributed by atoms with Crippen LogP contribution in [0.3, 0.4) is 0 Å². The Hall–Kier alpha value is -1.49. The van der Waals surface area contributed by atoms with Crippen molar-refractivity contribution in [2.24, 2.45) is 0 Å². The fourth-order valence-electron chi connectivity index (χ4n) is 0.725. The summed E-state index contributed by atoms with van der Waals surface area (Å²) in [6, 6.07) is 6.74. The summed E-state index contributed by atoms with van der Waals surface area (Å²) in [5.74, 6) is 0.235. The monoisotopic (exact) mass is 163 g/mol. The number of aromatic hydroxyl groups is 1. The molecule has 0 saturated carbocycles. The molecule has 0 bridgehead atoms. The Labute approximate surface area is 73.1 Å². The summed E-state index contributed by atoms with van der Waals surface area (Å²) in [7, 11) is 0. The van der Waals surface area contributed by atoms with Crippen LogP contribution < -0.4 is 0 Å². The van der Waals surface area contributed by atoms with Crippen LogP contribution in [0, 0.1) is 18.3 Å². The lowest BCUT2D eigenvalue weighted by Crippen LogP contribution is -1.76. The third-order valence-electron chi connectivity index (χ3n) is 1.33. The SMILES string of the molecule is CC.Cc1cc(C#N)ccc1O.